The predicted molar refractivity (Wildman–Crippen MR) is 142 cm³/mol. The molecule has 2 saturated heterocycles. The first-order chi connectivity index (χ1) is 18.6. The molecule has 3 fully saturated rings. The number of carbonyl (C=O) groups is 4. The van der Waals surface area contributed by atoms with Gasteiger partial charge in [-0.15, -0.1) is 0 Å². The molecule has 2 aromatic rings. The summed E-state index contributed by atoms with van der Waals surface area (Å²) >= 11 is 0. The number of benzene rings is 1. The third-order valence-electron chi connectivity index (χ3n) is 8.01. The number of nitrogens with zero attached hydrogens (tertiary/aromatic N) is 2. The number of amides is 3. The quantitative estimate of drug-likeness (QED) is 0.521. The van der Waals surface area contributed by atoms with Gasteiger partial charge in [-0.1, -0.05) is 45.0 Å². The second-order valence-electron chi connectivity index (χ2n) is 11.7. The fourth-order valence-electron chi connectivity index (χ4n) is 6.18. The van der Waals surface area contributed by atoms with E-state index in [-0.39, 0.29) is 35.9 Å². The Morgan fingerprint density at radius 1 is 1.18 bits per heavy atom. The molecule has 0 radical (unpaired) electrons. The van der Waals surface area contributed by atoms with Crippen LogP contribution in [0.1, 0.15) is 63.9 Å². The topological polar surface area (TPSA) is 127 Å². The highest BCUT2D eigenvalue weighted by Crippen LogP contribution is 2.44. The number of piperidine rings is 1. The van der Waals surface area contributed by atoms with Crippen molar-refractivity contribution in [3.63, 3.8) is 0 Å². The zero-order chi connectivity index (χ0) is 27.9. The van der Waals surface area contributed by atoms with Gasteiger partial charge in [0.1, 0.15) is 23.8 Å². The van der Waals surface area contributed by atoms with Crippen molar-refractivity contribution in [3.05, 3.63) is 42.2 Å². The molecule has 10 nitrogen and oxygen atoms in total. The van der Waals surface area contributed by atoms with E-state index in [1.807, 2.05) is 51.1 Å². The van der Waals surface area contributed by atoms with Crippen molar-refractivity contribution in [3.8, 4) is 0 Å². The summed E-state index contributed by atoms with van der Waals surface area (Å²) in [6, 6.07) is 7.04. The molecule has 1 unspecified atom stereocenters. The number of rotatable bonds is 7. The lowest BCUT2D eigenvalue weighted by molar-refractivity contribution is -0.165. The summed E-state index contributed by atoms with van der Waals surface area (Å²) in [5.74, 6) is -1.47. The number of nitrogens with one attached hydrogen (secondary N) is 2. The molecule has 208 valence electrons. The summed E-state index contributed by atoms with van der Waals surface area (Å²) in [6.45, 7) is 7.80. The normalized spacial score (nSPS) is 26.9. The fraction of sp³-hybridized carbons (Fsp3) is 0.552. The maximum absolute atomic E-state index is 14.2. The van der Waals surface area contributed by atoms with Gasteiger partial charge in [0, 0.05) is 24.2 Å². The highest BCUT2D eigenvalue weighted by Gasteiger charge is 2.54. The molecule has 1 saturated carbocycles. The Labute approximate surface area is 227 Å². The summed E-state index contributed by atoms with van der Waals surface area (Å²) in [4.78, 5) is 59.1. The van der Waals surface area contributed by atoms with Crippen molar-refractivity contribution in [2.24, 2.45) is 11.3 Å². The first-order valence-corrected chi connectivity index (χ1v) is 13.7. The lowest BCUT2D eigenvalue weighted by Gasteiger charge is -2.40. The first kappa shape index (κ1) is 27.1. The molecule has 2 bridgehead atoms. The number of pyridine rings is 1. The van der Waals surface area contributed by atoms with Crippen LogP contribution >= 0.6 is 0 Å². The predicted octanol–water partition coefficient (Wildman–Crippen LogP) is 2.55. The van der Waals surface area contributed by atoms with E-state index in [1.165, 1.54) is 0 Å². The van der Waals surface area contributed by atoms with Crippen molar-refractivity contribution >= 4 is 34.5 Å². The van der Waals surface area contributed by atoms with Crippen LogP contribution in [0, 0.1) is 11.3 Å². The van der Waals surface area contributed by atoms with E-state index in [2.05, 4.69) is 15.6 Å². The zero-order valence-electron chi connectivity index (χ0n) is 22.8. The van der Waals surface area contributed by atoms with Crippen LogP contribution in [0.25, 0.3) is 10.8 Å². The molecule has 2 aliphatic heterocycles. The van der Waals surface area contributed by atoms with Crippen LogP contribution in [-0.2, 0) is 23.9 Å². The summed E-state index contributed by atoms with van der Waals surface area (Å²) in [5.41, 5.74) is -0.383. The average molecular weight is 537 g/mol. The minimum absolute atomic E-state index is 0.0126. The second kappa shape index (κ2) is 10.6. The Morgan fingerprint density at radius 2 is 1.95 bits per heavy atom. The van der Waals surface area contributed by atoms with E-state index in [1.54, 1.807) is 18.0 Å². The molecule has 1 aromatic heterocycles. The Hall–Kier alpha value is -3.53. The van der Waals surface area contributed by atoms with Gasteiger partial charge in [-0.2, -0.15) is 0 Å². The largest absolute Gasteiger partial charge is 0.433 e. The molecule has 0 spiro atoms. The highest BCUT2D eigenvalue weighted by molar-refractivity contribution is 6.06. The molecular formula is C29H36N4O6. The van der Waals surface area contributed by atoms with Gasteiger partial charge >= 0.3 is 5.97 Å². The van der Waals surface area contributed by atoms with Gasteiger partial charge in [0.2, 0.25) is 18.1 Å². The Balaban J connectivity index is 1.38. The number of aromatic nitrogens is 1. The zero-order valence-corrected chi connectivity index (χ0v) is 22.8. The number of hydrogen-bond acceptors (Lipinski definition) is 7. The monoisotopic (exact) mass is 536 g/mol. The highest BCUT2D eigenvalue weighted by atomic mass is 16.7. The van der Waals surface area contributed by atoms with Crippen LogP contribution < -0.4 is 10.6 Å². The Morgan fingerprint density at radius 3 is 2.69 bits per heavy atom. The second-order valence-corrected chi connectivity index (χ2v) is 11.7. The lowest BCUT2D eigenvalue weighted by atomic mass is 9.84. The van der Waals surface area contributed by atoms with Crippen molar-refractivity contribution in [1.29, 1.82) is 0 Å². The minimum atomic E-state index is -0.881. The van der Waals surface area contributed by atoms with Crippen LogP contribution in [0.3, 0.4) is 0 Å². The van der Waals surface area contributed by atoms with Crippen LogP contribution in [0.15, 0.2) is 36.5 Å². The molecule has 3 aliphatic rings. The van der Waals surface area contributed by atoms with Gasteiger partial charge < -0.3 is 25.0 Å². The number of hydrogen-bond donors (Lipinski definition) is 2. The van der Waals surface area contributed by atoms with Crippen molar-refractivity contribution in [1.82, 2.24) is 20.5 Å². The summed E-state index contributed by atoms with van der Waals surface area (Å²) in [6.07, 6.45) is 3.14. The molecule has 39 heavy (non-hydrogen) atoms. The lowest BCUT2D eigenvalue weighted by Crippen LogP contribution is -2.62. The van der Waals surface area contributed by atoms with Gasteiger partial charge in [-0.3, -0.25) is 24.2 Å². The standard InChI is InChI=1S/C29H36N4O6/c1-5-38-28-20(15-21(34)39-28)31-26(36)23-17-10-11-18(14-17)33(23)27(37)24(29(2,3)4)32-25(35)22-19-9-7-6-8-16(19)12-13-30-22/h6-9,12-13,17-18,20,23-24,28H,5,10-11,14-15H2,1-4H3,(H,31,36)(H,32,35)/t17-,18+,20?,23-,24+,28-/m0/s1. The number of carbonyl (C=O) groups excluding carboxylic acids is 4. The molecular weight excluding hydrogens is 500 g/mol. The molecule has 5 rings (SSSR count). The van der Waals surface area contributed by atoms with Gasteiger partial charge in [-0.25, -0.2) is 0 Å². The molecule has 3 heterocycles. The summed E-state index contributed by atoms with van der Waals surface area (Å²) in [5, 5.41) is 7.45. The number of likely N-dealkylation sites (tertiary alicyclic amines) is 1. The maximum Gasteiger partial charge on any atom is 0.310 e. The van der Waals surface area contributed by atoms with Crippen LogP contribution in [-0.4, -0.2) is 70.6 Å². The van der Waals surface area contributed by atoms with E-state index in [9.17, 15) is 19.2 Å². The fourth-order valence-corrected chi connectivity index (χ4v) is 6.18. The van der Waals surface area contributed by atoms with Crippen LogP contribution in [0.4, 0.5) is 0 Å². The Bertz CT molecular complexity index is 1280. The maximum atomic E-state index is 14.2. The molecule has 2 N–H and O–H groups in total. The number of ether oxygens (including phenoxy) is 2. The molecule has 1 aliphatic carbocycles. The molecule has 10 heteroatoms. The van der Waals surface area contributed by atoms with Gasteiger partial charge in [-0.05, 0) is 49.0 Å². The van der Waals surface area contributed by atoms with Gasteiger partial charge in [0.05, 0.1) is 6.42 Å². The Kier molecular flexibility index (Phi) is 7.33. The van der Waals surface area contributed by atoms with E-state index in [0.717, 1.165) is 24.6 Å². The molecule has 6 atom stereocenters. The van der Waals surface area contributed by atoms with Crippen LogP contribution in [0.5, 0.6) is 0 Å². The van der Waals surface area contributed by atoms with E-state index < -0.39 is 41.7 Å². The molecule has 3 amide bonds. The SMILES string of the molecule is CCO[C@H]1OC(=O)CC1NC(=O)[C@@H]1[C@H]2CC[C@H](C2)N1C(=O)[C@@H](NC(=O)c1nccc2ccccc12)C(C)(C)C. The number of cyclic esters (lactones) is 1. The molecule has 1 aromatic carbocycles. The average Bonchev–Trinajstić information content (AvgIpc) is 3.60. The van der Waals surface area contributed by atoms with E-state index in [4.69, 9.17) is 9.47 Å². The number of fused-ring (bicyclic) bond motifs is 3. The van der Waals surface area contributed by atoms with Crippen molar-refractivity contribution in [2.45, 2.75) is 83.8 Å². The van der Waals surface area contributed by atoms with E-state index >= 15 is 0 Å². The van der Waals surface area contributed by atoms with Crippen molar-refractivity contribution in [2.75, 3.05) is 6.61 Å². The minimum Gasteiger partial charge on any atom is -0.433 e. The first-order valence-electron chi connectivity index (χ1n) is 13.7. The number of esters is 1. The summed E-state index contributed by atoms with van der Waals surface area (Å²) in [7, 11) is 0. The third-order valence-corrected chi connectivity index (χ3v) is 8.01. The summed E-state index contributed by atoms with van der Waals surface area (Å²) < 4.78 is 10.7. The smallest absolute Gasteiger partial charge is 0.310 e. The van der Waals surface area contributed by atoms with E-state index in [0.29, 0.717) is 12.0 Å². The van der Waals surface area contributed by atoms with Crippen LogP contribution in [0.2, 0.25) is 0 Å². The third kappa shape index (κ3) is 5.22. The van der Waals surface area contributed by atoms with Gasteiger partial charge in [0.25, 0.3) is 5.91 Å². The van der Waals surface area contributed by atoms with Gasteiger partial charge in [0.15, 0.2) is 0 Å². The van der Waals surface area contributed by atoms with Crippen molar-refractivity contribution < 1.29 is 28.7 Å².